The van der Waals surface area contributed by atoms with Gasteiger partial charge in [-0.05, 0) is 68.3 Å². The Hall–Kier alpha value is -4.93. The summed E-state index contributed by atoms with van der Waals surface area (Å²) in [4.78, 5) is 35.4. The van der Waals surface area contributed by atoms with Crippen LogP contribution in [-0.2, 0) is 6.54 Å². The van der Waals surface area contributed by atoms with Crippen LogP contribution >= 0.6 is 0 Å². The fourth-order valence-corrected chi connectivity index (χ4v) is 4.36. The average molecular weight is 578 g/mol. The third-order valence-corrected chi connectivity index (χ3v) is 6.42. The molecule has 0 saturated carbocycles. The van der Waals surface area contributed by atoms with Gasteiger partial charge in [0.25, 0.3) is 5.91 Å². The van der Waals surface area contributed by atoms with Crippen LogP contribution in [0.25, 0.3) is 11.3 Å². The Kier molecular flexibility index (Phi) is 9.09. The normalized spacial score (nSPS) is 12.1. The highest BCUT2D eigenvalue weighted by molar-refractivity contribution is 6.05. The minimum Gasteiger partial charge on any atom is -0.464 e. The number of nitrogens with one attached hydrogen (secondary N) is 2. The second kappa shape index (κ2) is 12.7. The standard InChI is InChI=1S/C29H24F3N5O3.C2H6/c1-4-40-28-35-24(20-14-33-29(39)37(26(20)36-28)25-21(30)6-5-7-22(25)31)19-13-18(11-9-15(19)2)34-27(38)17-10-8-16(3)23(32)12-17;1-2/h5-13H,4,14H2,1-3H3,(H,33,39)(H,34,38);1-2H3. The number of ether oxygens (including phenoxy) is 1. The van der Waals surface area contributed by atoms with Gasteiger partial charge in [0.1, 0.15) is 23.1 Å². The van der Waals surface area contributed by atoms with E-state index in [0.29, 0.717) is 28.1 Å². The number of para-hydroxylation sites is 1. The molecular formula is C31H30F3N5O3. The molecule has 11 heteroatoms. The number of hydrogen-bond donors (Lipinski definition) is 2. The molecule has 0 bridgehead atoms. The summed E-state index contributed by atoms with van der Waals surface area (Å²) >= 11 is 0. The van der Waals surface area contributed by atoms with Crippen molar-refractivity contribution in [1.29, 1.82) is 0 Å². The molecule has 4 aromatic rings. The van der Waals surface area contributed by atoms with Gasteiger partial charge in [0, 0.05) is 22.4 Å². The number of carbonyl (C=O) groups excluding carboxylic acids is 2. The van der Waals surface area contributed by atoms with Gasteiger partial charge >= 0.3 is 12.0 Å². The highest BCUT2D eigenvalue weighted by Crippen LogP contribution is 2.40. The number of anilines is 3. The Morgan fingerprint density at radius 1 is 0.976 bits per heavy atom. The van der Waals surface area contributed by atoms with E-state index in [0.717, 1.165) is 28.7 Å². The van der Waals surface area contributed by atoms with Gasteiger partial charge in [-0.3, -0.25) is 4.79 Å². The third kappa shape index (κ3) is 5.90. The van der Waals surface area contributed by atoms with Gasteiger partial charge in [0.05, 0.1) is 18.8 Å². The van der Waals surface area contributed by atoms with Gasteiger partial charge in [-0.25, -0.2) is 22.9 Å². The van der Waals surface area contributed by atoms with E-state index < -0.39 is 35.1 Å². The molecule has 0 aliphatic carbocycles. The van der Waals surface area contributed by atoms with E-state index in [1.54, 1.807) is 32.0 Å². The fourth-order valence-electron chi connectivity index (χ4n) is 4.36. The number of aryl methyl sites for hydroxylation is 2. The molecule has 5 rings (SSSR count). The number of rotatable bonds is 6. The summed E-state index contributed by atoms with van der Waals surface area (Å²) in [6, 6.07) is 11.7. The number of hydrogen-bond acceptors (Lipinski definition) is 5. The molecule has 0 atom stereocenters. The number of halogens is 3. The summed E-state index contributed by atoms with van der Waals surface area (Å²) in [6.45, 7) is 9.31. The van der Waals surface area contributed by atoms with Gasteiger partial charge in [0.2, 0.25) is 0 Å². The number of benzene rings is 3. The van der Waals surface area contributed by atoms with Crippen molar-refractivity contribution < 1.29 is 27.5 Å². The molecule has 0 spiro atoms. The fraction of sp³-hybridized carbons (Fsp3) is 0.226. The highest BCUT2D eigenvalue weighted by atomic mass is 19.1. The van der Waals surface area contributed by atoms with E-state index >= 15 is 0 Å². The van der Waals surface area contributed by atoms with Gasteiger partial charge < -0.3 is 15.4 Å². The first kappa shape index (κ1) is 30.0. The van der Waals surface area contributed by atoms with Crippen molar-refractivity contribution in [3.8, 4) is 17.3 Å². The Labute approximate surface area is 241 Å². The molecule has 42 heavy (non-hydrogen) atoms. The number of urea groups is 1. The predicted octanol–water partition coefficient (Wildman–Crippen LogP) is 7.22. The zero-order valence-corrected chi connectivity index (χ0v) is 23.8. The average Bonchev–Trinajstić information content (AvgIpc) is 2.97. The zero-order valence-electron chi connectivity index (χ0n) is 23.8. The van der Waals surface area contributed by atoms with Gasteiger partial charge in [-0.2, -0.15) is 9.97 Å². The van der Waals surface area contributed by atoms with Crippen LogP contribution in [0, 0.1) is 31.3 Å². The lowest BCUT2D eigenvalue weighted by molar-refractivity contribution is 0.102. The first-order valence-corrected chi connectivity index (χ1v) is 13.4. The SMILES string of the molecule is CC.CCOc1nc(-c2cc(NC(=O)c3ccc(C)c(F)c3)ccc2C)c2c(n1)N(c1c(F)cccc1F)C(=O)NC2. The third-order valence-electron chi connectivity index (χ3n) is 6.42. The summed E-state index contributed by atoms with van der Waals surface area (Å²) in [6.07, 6.45) is 0. The molecule has 1 aliphatic heterocycles. The quantitative estimate of drug-likeness (QED) is 0.252. The van der Waals surface area contributed by atoms with Crippen LogP contribution in [0.3, 0.4) is 0 Å². The summed E-state index contributed by atoms with van der Waals surface area (Å²) in [7, 11) is 0. The molecule has 2 heterocycles. The molecule has 0 saturated heterocycles. The number of aromatic nitrogens is 2. The van der Waals surface area contributed by atoms with E-state index in [2.05, 4.69) is 20.6 Å². The molecule has 1 aromatic heterocycles. The van der Waals surface area contributed by atoms with Gasteiger partial charge in [-0.15, -0.1) is 0 Å². The molecule has 218 valence electrons. The van der Waals surface area contributed by atoms with Crippen LogP contribution in [0.5, 0.6) is 6.01 Å². The molecular weight excluding hydrogens is 547 g/mol. The molecule has 3 aromatic carbocycles. The lowest BCUT2D eigenvalue weighted by atomic mass is 9.99. The van der Waals surface area contributed by atoms with Crippen LogP contribution in [0.4, 0.5) is 35.2 Å². The van der Waals surface area contributed by atoms with Crippen molar-refractivity contribution in [1.82, 2.24) is 15.3 Å². The number of amides is 3. The summed E-state index contributed by atoms with van der Waals surface area (Å²) < 4.78 is 49.2. The topological polar surface area (TPSA) is 96.4 Å². The van der Waals surface area contributed by atoms with E-state index in [1.807, 2.05) is 20.8 Å². The van der Waals surface area contributed by atoms with Crippen molar-refractivity contribution in [2.24, 2.45) is 0 Å². The van der Waals surface area contributed by atoms with E-state index in [4.69, 9.17) is 4.74 Å². The molecule has 0 fully saturated rings. The van der Waals surface area contributed by atoms with Crippen LogP contribution in [-0.4, -0.2) is 28.5 Å². The van der Waals surface area contributed by atoms with Crippen LogP contribution < -0.4 is 20.3 Å². The lowest BCUT2D eigenvalue weighted by Gasteiger charge is -2.30. The Balaban J connectivity index is 0.00000198. The largest absolute Gasteiger partial charge is 0.464 e. The maximum Gasteiger partial charge on any atom is 0.328 e. The first-order chi connectivity index (χ1) is 20.2. The Bertz CT molecular complexity index is 1640. The molecule has 1 aliphatic rings. The monoisotopic (exact) mass is 577 g/mol. The maximum absolute atomic E-state index is 14.8. The molecule has 0 radical (unpaired) electrons. The first-order valence-electron chi connectivity index (χ1n) is 13.4. The van der Waals surface area contributed by atoms with E-state index in [1.165, 1.54) is 18.2 Å². The van der Waals surface area contributed by atoms with Crippen molar-refractivity contribution in [2.45, 2.75) is 41.2 Å². The zero-order chi connectivity index (χ0) is 30.6. The molecule has 0 unspecified atom stereocenters. The van der Waals surface area contributed by atoms with Crippen molar-refractivity contribution in [2.75, 3.05) is 16.8 Å². The summed E-state index contributed by atoms with van der Waals surface area (Å²) in [5, 5.41) is 5.39. The molecule has 3 amide bonds. The highest BCUT2D eigenvalue weighted by Gasteiger charge is 2.34. The molecule has 8 nitrogen and oxygen atoms in total. The number of carbonyl (C=O) groups is 2. The Morgan fingerprint density at radius 3 is 2.33 bits per heavy atom. The number of fused-ring (bicyclic) bond motifs is 1. The van der Waals surface area contributed by atoms with Crippen LogP contribution in [0.15, 0.2) is 54.6 Å². The maximum atomic E-state index is 14.8. The van der Waals surface area contributed by atoms with Gasteiger partial charge in [0.15, 0.2) is 5.82 Å². The number of nitrogens with zero attached hydrogens (tertiary/aromatic N) is 3. The Morgan fingerprint density at radius 2 is 1.67 bits per heavy atom. The van der Waals surface area contributed by atoms with Crippen molar-refractivity contribution >= 4 is 29.1 Å². The van der Waals surface area contributed by atoms with E-state index in [9.17, 15) is 22.8 Å². The predicted molar refractivity (Wildman–Crippen MR) is 155 cm³/mol. The van der Waals surface area contributed by atoms with Gasteiger partial charge in [-0.1, -0.05) is 32.0 Å². The smallest absolute Gasteiger partial charge is 0.328 e. The van der Waals surface area contributed by atoms with Crippen LogP contribution in [0.2, 0.25) is 0 Å². The molecule has 2 N–H and O–H groups in total. The lowest BCUT2D eigenvalue weighted by Crippen LogP contribution is -2.43. The van der Waals surface area contributed by atoms with Crippen molar-refractivity contribution in [3.63, 3.8) is 0 Å². The van der Waals surface area contributed by atoms with Crippen LogP contribution in [0.1, 0.15) is 47.8 Å². The summed E-state index contributed by atoms with van der Waals surface area (Å²) in [5.41, 5.74) is 2.41. The second-order valence-electron chi connectivity index (χ2n) is 9.10. The second-order valence-corrected chi connectivity index (χ2v) is 9.10. The summed E-state index contributed by atoms with van der Waals surface area (Å²) in [5.74, 6) is -2.94. The van der Waals surface area contributed by atoms with E-state index in [-0.39, 0.29) is 30.5 Å². The minimum atomic E-state index is -0.949. The minimum absolute atomic E-state index is 0.0266. The van der Waals surface area contributed by atoms with Crippen molar-refractivity contribution in [3.05, 3.63) is 94.3 Å².